The van der Waals surface area contributed by atoms with Crippen molar-refractivity contribution < 1.29 is 31.9 Å². The number of carbonyl (C=O) groups is 2. The van der Waals surface area contributed by atoms with Crippen LogP contribution in [-0.4, -0.2) is 42.6 Å². The standard InChI is InChI=1S/C17H18F4N2O3/c18-11-3-4-14-12(7-11)13(2-1-5-26-14)22-16(25)10-6-15(24)23(8-10)9-17(19,20)21/h3-4,7,10,13H,1-2,5-6,8-9H2,(H,22,25)/t10-,13-/m0/s1. The van der Waals surface area contributed by atoms with Crippen LogP contribution < -0.4 is 10.1 Å². The van der Waals surface area contributed by atoms with E-state index in [1.54, 1.807) is 0 Å². The summed E-state index contributed by atoms with van der Waals surface area (Å²) in [6.45, 7) is -1.21. The van der Waals surface area contributed by atoms with Gasteiger partial charge < -0.3 is 15.0 Å². The Morgan fingerprint density at radius 2 is 2.12 bits per heavy atom. The summed E-state index contributed by atoms with van der Waals surface area (Å²) in [4.78, 5) is 24.9. The largest absolute Gasteiger partial charge is 0.493 e. The lowest BCUT2D eigenvalue weighted by atomic mass is 10.00. The normalized spacial score (nSPS) is 23.2. The number of halogens is 4. The Labute approximate surface area is 147 Å². The van der Waals surface area contributed by atoms with Crippen molar-refractivity contribution >= 4 is 11.8 Å². The van der Waals surface area contributed by atoms with Crippen molar-refractivity contribution in [3.63, 3.8) is 0 Å². The molecule has 0 aromatic heterocycles. The maximum atomic E-state index is 13.6. The highest BCUT2D eigenvalue weighted by atomic mass is 19.4. The number of hydrogen-bond donors (Lipinski definition) is 1. The van der Waals surface area contributed by atoms with Gasteiger partial charge in [0, 0.05) is 18.5 Å². The van der Waals surface area contributed by atoms with Gasteiger partial charge in [-0.2, -0.15) is 13.2 Å². The quantitative estimate of drug-likeness (QED) is 0.828. The minimum absolute atomic E-state index is 0.263. The minimum Gasteiger partial charge on any atom is -0.493 e. The molecule has 1 fully saturated rings. The molecule has 2 amide bonds. The molecule has 2 aliphatic heterocycles. The van der Waals surface area contributed by atoms with Gasteiger partial charge in [0.2, 0.25) is 11.8 Å². The fourth-order valence-electron chi connectivity index (χ4n) is 3.30. The van der Waals surface area contributed by atoms with Gasteiger partial charge in [-0.15, -0.1) is 0 Å². The number of amides is 2. The Balaban J connectivity index is 1.69. The van der Waals surface area contributed by atoms with Gasteiger partial charge in [0.1, 0.15) is 18.1 Å². The van der Waals surface area contributed by atoms with Crippen molar-refractivity contribution in [1.82, 2.24) is 10.2 Å². The predicted molar refractivity (Wildman–Crippen MR) is 82.8 cm³/mol. The molecule has 0 radical (unpaired) electrons. The molecule has 2 aliphatic rings. The van der Waals surface area contributed by atoms with Crippen molar-refractivity contribution in [3.05, 3.63) is 29.6 Å². The van der Waals surface area contributed by atoms with Gasteiger partial charge in [-0.05, 0) is 31.0 Å². The van der Waals surface area contributed by atoms with Crippen LogP contribution in [0.5, 0.6) is 5.75 Å². The number of likely N-dealkylation sites (tertiary alicyclic amines) is 1. The zero-order chi connectivity index (χ0) is 18.9. The van der Waals surface area contributed by atoms with Crippen molar-refractivity contribution in [3.8, 4) is 5.75 Å². The smallest absolute Gasteiger partial charge is 0.406 e. The number of nitrogens with zero attached hydrogens (tertiary/aromatic N) is 1. The lowest BCUT2D eigenvalue weighted by Gasteiger charge is -2.21. The summed E-state index contributed by atoms with van der Waals surface area (Å²) >= 11 is 0. The first-order valence-electron chi connectivity index (χ1n) is 8.30. The molecule has 0 unspecified atom stereocenters. The topological polar surface area (TPSA) is 58.6 Å². The third-order valence-corrected chi connectivity index (χ3v) is 4.51. The predicted octanol–water partition coefficient (Wildman–Crippen LogP) is 2.57. The molecule has 0 saturated carbocycles. The number of carbonyl (C=O) groups excluding carboxylic acids is 2. The van der Waals surface area contributed by atoms with Crippen molar-refractivity contribution in [1.29, 1.82) is 0 Å². The van der Waals surface area contributed by atoms with Crippen molar-refractivity contribution in [2.75, 3.05) is 19.7 Å². The zero-order valence-electron chi connectivity index (χ0n) is 13.8. The van der Waals surface area contributed by atoms with E-state index in [9.17, 15) is 27.2 Å². The molecule has 1 aromatic rings. The van der Waals surface area contributed by atoms with Crippen LogP contribution in [0.15, 0.2) is 18.2 Å². The van der Waals surface area contributed by atoms with Gasteiger partial charge in [0.15, 0.2) is 0 Å². The molecule has 1 saturated heterocycles. The molecule has 3 rings (SSSR count). The lowest BCUT2D eigenvalue weighted by molar-refractivity contribution is -0.157. The molecule has 5 nitrogen and oxygen atoms in total. The highest BCUT2D eigenvalue weighted by Gasteiger charge is 2.41. The van der Waals surface area contributed by atoms with Crippen molar-refractivity contribution in [2.24, 2.45) is 5.92 Å². The SMILES string of the molecule is O=C(N[C@H]1CCCOc2ccc(F)cc21)[C@H]1CC(=O)N(CC(F)(F)F)C1. The molecule has 1 aromatic carbocycles. The number of alkyl halides is 3. The van der Waals surface area contributed by atoms with Crippen LogP contribution in [0.4, 0.5) is 17.6 Å². The Hall–Kier alpha value is -2.32. The summed E-state index contributed by atoms with van der Waals surface area (Å²) in [7, 11) is 0. The van der Waals surface area contributed by atoms with Crippen LogP contribution in [0.1, 0.15) is 30.9 Å². The molecule has 2 heterocycles. The van der Waals surface area contributed by atoms with Crippen LogP contribution >= 0.6 is 0 Å². The zero-order valence-corrected chi connectivity index (χ0v) is 13.8. The number of fused-ring (bicyclic) bond motifs is 1. The van der Waals surface area contributed by atoms with Gasteiger partial charge in [-0.1, -0.05) is 0 Å². The molecule has 2 atom stereocenters. The average Bonchev–Trinajstić information content (AvgIpc) is 2.78. The van der Waals surface area contributed by atoms with E-state index < -0.39 is 42.3 Å². The van der Waals surface area contributed by atoms with E-state index in [4.69, 9.17) is 4.74 Å². The van der Waals surface area contributed by atoms with Gasteiger partial charge in [-0.25, -0.2) is 4.39 Å². The average molecular weight is 374 g/mol. The van der Waals surface area contributed by atoms with Crippen LogP contribution in [0, 0.1) is 11.7 Å². The summed E-state index contributed by atoms with van der Waals surface area (Å²) in [6, 6.07) is 3.51. The fourth-order valence-corrected chi connectivity index (χ4v) is 3.30. The first kappa shape index (κ1) is 18.5. The Morgan fingerprint density at radius 3 is 2.85 bits per heavy atom. The molecular formula is C17H18F4N2O3. The molecule has 0 aliphatic carbocycles. The first-order valence-corrected chi connectivity index (χ1v) is 8.30. The van der Waals surface area contributed by atoms with Crippen LogP contribution in [0.25, 0.3) is 0 Å². The number of rotatable bonds is 3. The van der Waals surface area contributed by atoms with Crippen LogP contribution in [0.2, 0.25) is 0 Å². The fraction of sp³-hybridized carbons (Fsp3) is 0.529. The highest BCUT2D eigenvalue weighted by Crippen LogP contribution is 2.33. The molecule has 26 heavy (non-hydrogen) atoms. The summed E-state index contributed by atoms with van der Waals surface area (Å²) in [6.07, 6.45) is -3.63. The van der Waals surface area contributed by atoms with Gasteiger partial charge >= 0.3 is 6.18 Å². The van der Waals surface area contributed by atoms with E-state index in [-0.39, 0.29) is 13.0 Å². The Kier molecular flexibility index (Phi) is 5.06. The summed E-state index contributed by atoms with van der Waals surface area (Å²) < 4.78 is 56.6. The number of hydrogen-bond acceptors (Lipinski definition) is 3. The van der Waals surface area contributed by atoms with Gasteiger partial charge in [0.05, 0.1) is 18.6 Å². The number of ether oxygens (including phenoxy) is 1. The molecule has 0 spiro atoms. The summed E-state index contributed by atoms with van der Waals surface area (Å²) in [5.41, 5.74) is 0.493. The first-order chi connectivity index (χ1) is 12.2. The highest BCUT2D eigenvalue weighted by molar-refractivity contribution is 5.89. The Bertz CT molecular complexity index is 708. The van der Waals surface area contributed by atoms with E-state index >= 15 is 0 Å². The number of benzene rings is 1. The molecule has 1 N–H and O–H groups in total. The molecule has 9 heteroatoms. The molecule has 0 bridgehead atoms. The van der Waals surface area contributed by atoms with E-state index in [1.807, 2.05) is 0 Å². The summed E-state index contributed by atoms with van der Waals surface area (Å²) in [5, 5.41) is 2.74. The van der Waals surface area contributed by atoms with E-state index in [0.717, 1.165) is 0 Å². The van der Waals surface area contributed by atoms with Crippen LogP contribution in [0.3, 0.4) is 0 Å². The lowest BCUT2D eigenvalue weighted by Crippen LogP contribution is -2.38. The van der Waals surface area contributed by atoms with Crippen LogP contribution in [-0.2, 0) is 9.59 Å². The maximum absolute atomic E-state index is 13.6. The third kappa shape index (κ3) is 4.25. The monoisotopic (exact) mass is 374 g/mol. The van der Waals surface area contributed by atoms with E-state index in [1.165, 1.54) is 18.2 Å². The second kappa shape index (κ2) is 7.13. The second-order valence-corrected chi connectivity index (χ2v) is 6.52. The minimum atomic E-state index is -4.50. The summed E-state index contributed by atoms with van der Waals surface area (Å²) in [5.74, 6) is -2.06. The van der Waals surface area contributed by atoms with Crippen molar-refractivity contribution in [2.45, 2.75) is 31.5 Å². The Morgan fingerprint density at radius 1 is 1.35 bits per heavy atom. The molecule has 142 valence electrons. The molecular weight excluding hydrogens is 356 g/mol. The van der Waals surface area contributed by atoms with E-state index in [0.29, 0.717) is 35.7 Å². The van der Waals surface area contributed by atoms with Gasteiger partial charge in [-0.3, -0.25) is 9.59 Å². The van der Waals surface area contributed by atoms with E-state index in [2.05, 4.69) is 5.32 Å². The second-order valence-electron chi connectivity index (χ2n) is 6.52. The third-order valence-electron chi connectivity index (χ3n) is 4.51. The maximum Gasteiger partial charge on any atom is 0.406 e. The number of nitrogens with one attached hydrogen (secondary N) is 1. The van der Waals surface area contributed by atoms with Gasteiger partial charge in [0.25, 0.3) is 0 Å².